The first-order valence-electron chi connectivity index (χ1n) is 4.70. The van der Waals surface area contributed by atoms with Crippen LogP contribution in [0.2, 0.25) is 0 Å². The van der Waals surface area contributed by atoms with Gasteiger partial charge in [0.1, 0.15) is 0 Å². The maximum absolute atomic E-state index is 11.4. The first kappa shape index (κ1) is 9.96. The molecule has 0 radical (unpaired) electrons. The SMILES string of the molecule is C=CCC(=O)N1CCCCCC1=O. The summed E-state index contributed by atoms with van der Waals surface area (Å²) >= 11 is 0. The summed E-state index contributed by atoms with van der Waals surface area (Å²) in [5.74, 6) is -0.133. The molecule has 0 spiro atoms. The van der Waals surface area contributed by atoms with Gasteiger partial charge in [-0.15, -0.1) is 6.58 Å². The summed E-state index contributed by atoms with van der Waals surface area (Å²) in [5.41, 5.74) is 0. The van der Waals surface area contributed by atoms with Crippen LogP contribution in [0.25, 0.3) is 0 Å². The highest BCUT2D eigenvalue weighted by Gasteiger charge is 2.21. The molecule has 0 aromatic rings. The van der Waals surface area contributed by atoms with Gasteiger partial charge in [0.2, 0.25) is 11.8 Å². The minimum Gasteiger partial charge on any atom is -0.282 e. The molecule has 1 saturated heterocycles. The number of nitrogens with zero attached hydrogens (tertiary/aromatic N) is 1. The van der Waals surface area contributed by atoms with Crippen LogP contribution in [0, 0.1) is 0 Å². The average Bonchev–Trinajstić information content (AvgIpc) is 2.30. The highest BCUT2D eigenvalue weighted by molar-refractivity contribution is 5.95. The summed E-state index contributed by atoms with van der Waals surface area (Å²) in [6, 6.07) is 0. The minimum atomic E-state index is -0.109. The van der Waals surface area contributed by atoms with Crippen molar-refractivity contribution in [3.63, 3.8) is 0 Å². The molecule has 1 rings (SSSR count). The lowest BCUT2D eigenvalue weighted by molar-refractivity contribution is -0.143. The molecule has 0 N–H and O–H groups in total. The van der Waals surface area contributed by atoms with Gasteiger partial charge >= 0.3 is 0 Å². The van der Waals surface area contributed by atoms with Gasteiger partial charge in [-0.2, -0.15) is 0 Å². The van der Waals surface area contributed by atoms with Crippen molar-refractivity contribution in [3.05, 3.63) is 12.7 Å². The molecule has 1 aliphatic rings. The molecule has 2 amide bonds. The quantitative estimate of drug-likeness (QED) is 0.605. The molecular weight excluding hydrogens is 166 g/mol. The minimum absolute atomic E-state index is 0.0237. The molecule has 0 unspecified atom stereocenters. The standard InChI is InChI=1S/C10H15NO2/c1-2-6-9(12)11-8-5-3-4-7-10(11)13/h2H,1,3-8H2. The van der Waals surface area contributed by atoms with E-state index in [9.17, 15) is 9.59 Å². The lowest BCUT2D eigenvalue weighted by Gasteiger charge is -2.17. The molecular formula is C10H15NO2. The zero-order valence-electron chi connectivity index (χ0n) is 7.79. The van der Waals surface area contributed by atoms with Gasteiger partial charge in [-0.3, -0.25) is 14.5 Å². The largest absolute Gasteiger partial charge is 0.282 e. The fraction of sp³-hybridized carbons (Fsp3) is 0.600. The second kappa shape index (κ2) is 4.80. The van der Waals surface area contributed by atoms with E-state index in [1.54, 1.807) is 6.08 Å². The summed E-state index contributed by atoms with van der Waals surface area (Å²) in [4.78, 5) is 24.2. The van der Waals surface area contributed by atoms with Gasteiger partial charge in [0.25, 0.3) is 0 Å². The fourth-order valence-corrected chi connectivity index (χ4v) is 1.48. The van der Waals surface area contributed by atoms with Crippen LogP contribution in [0.5, 0.6) is 0 Å². The van der Waals surface area contributed by atoms with Crippen molar-refractivity contribution in [1.29, 1.82) is 0 Å². The molecule has 1 heterocycles. The van der Waals surface area contributed by atoms with Crippen molar-refractivity contribution in [3.8, 4) is 0 Å². The topological polar surface area (TPSA) is 37.4 Å². The van der Waals surface area contributed by atoms with Crippen LogP contribution in [0.1, 0.15) is 32.1 Å². The van der Waals surface area contributed by atoms with Crippen LogP contribution in [0.3, 0.4) is 0 Å². The smallest absolute Gasteiger partial charge is 0.232 e. The van der Waals surface area contributed by atoms with Crippen molar-refractivity contribution in [2.75, 3.05) is 6.54 Å². The maximum atomic E-state index is 11.4. The molecule has 0 aliphatic carbocycles. The van der Waals surface area contributed by atoms with Gasteiger partial charge < -0.3 is 0 Å². The lowest BCUT2D eigenvalue weighted by atomic mass is 10.2. The summed E-state index contributed by atoms with van der Waals surface area (Å²) < 4.78 is 0. The highest BCUT2D eigenvalue weighted by atomic mass is 16.2. The predicted octanol–water partition coefficient (Wildman–Crippen LogP) is 1.49. The number of amides is 2. The second-order valence-electron chi connectivity index (χ2n) is 3.24. The van der Waals surface area contributed by atoms with E-state index >= 15 is 0 Å². The molecule has 0 saturated carbocycles. The van der Waals surface area contributed by atoms with Gasteiger partial charge in [0, 0.05) is 19.4 Å². The van der Waals surface area contributed by atoms with Crippen LogP contribution < -0.4 is 0 Å². The Balaban J connectivity index is 2.58. The first-order chi connectivity index (χ1) is 6.25. The van der Waals surface area contributed by atoms with E-state index in [2.05, 4.69) is 6.58 Å². The van der Waals surface area contributed by atoms with E-state index < -0.39 is 0 Å². The normalized spacial score (nSPS) is 18.2. The van der Waals surface area contributed by atoms with Crippen molar-refractivity contribution in [2.45, 2.75) is 32.1 Å². The van der Waals surface area contributed by atoms with Crippen LogP contribution in [0.15, 0.2) is 12.7 Å². The Bertz CT molecular complexity index is 223. The molecule has 1 aliphatic heterocycles. The van der Waals surface area contributed by atoms with Crippen molar-refractivity contribution < 1.29 is 9.59 Å². The first-order valence-corrected chi connectivity index (χ1v) is 4.70. The van der Waals surface area contributed by atoms with E-state index in [0.717, 1.165) is 19.3 Å². The maximum Gasteiger partial charge on any atom is 0.232 e. The van der Waals surface area contributed by atoms with Crippen molar-refractivity contribution in [2.24, 2.45) is 0 Å². The second-order valence-corrected chi connectivity index (χ2v) is 3.24. The fourth-order valence-electron chi connectivity index (χ4n) is 1.48. The van der Waals surface area contributed by atoms with Gasteiger partial charge in [-0.05, 0) is 12.8 Å². The van der Waals surface area contributed by atoms with Crippen LogP contribution in [0.4, 0.5) is 0 Å². The number of carbonyl (C=O) groups excluding carboxylic acids is 2. The summed E-state index contributed by atoms with van der Waals surface area (Å²) in [5, 5.41) is 0. The zero-order chi connectivity index (χ0) is 9.68. The third kappa shape index (κ3) is 2.68. The van der Waals surface area contributed by atoms with Gasteiger partial charge in [0.05, 0.1) is 0 Å². The molecule has 0 atom stereocenters. The van der Waals surface area contributed by atoms with Crippen LogP contribution in [-0.2, 0) is 9.59 Å². The Morgan fingerprint density at radius 1 is 1.46 bits per heavy atom. The van der Waals surface area contributed by atoms with Gasteiger partial charge in [0.15, 0.2) is 0 Å². The Morgan fingerprint density at radius 3 is 2.92 bits per heavy atom. The van der Waals surface area contributed by atoms with Crippen molar-refractivity contribution in [1.82, 2.24) is 4.90 Å². The summed E-state index contributed by atoms with van der Waals surface area (Å²) in [6.45, 7) is 4.07. The number of hydrogen-bond donors (Lipinski definition) is 0. The molecule has 3 heteroatoms. The molecule has 0 aromatic heterocycles. The zero-order valence-corrected chi connectivity index (χ0v) is 7.79. The van der Waals surface area contributed by atoms with E-state index in [0.29, 0.717) is 13.0 Å². The van der Waals surface area contributed by atoms with E-state index in [1.165, 1.54) is 4.90 Å². The van der Waals surface area contributed by atoms with Crippen molar-refractivity contribution >= 4 is 11.8 Å². The van der Waals surface area contributed by atoms with Gasteiger partial charge in [-0.25, -0.2) is 0 Å². The van der Waals surface area contributed by atoms with E-state index in [4.69, 9.17) is 0 Å². The summed E-state index contributed by atoms with van der Waals surface area (Å²) in [7, 11) is 0. The Labute approximate surface area is 78.4 Å². The molecule has 1 fully saturated rings. The molecule has 72 valence electrons. The Hall–Kier alpha value is -1.12. The summed E-state index contributed by atoms with van der Waals surface area (Å²) in [6.07, 6.45) is 5.23. The molecule has 0 aromatic carbocycles. The average molecular weight is 181 g/mol. The number of imide groups is 1. The van der Waals surface area contributed by atoms with Crippen LogP contribution in [-0.4, -0.2) is 23.3 Å². The Morgan fingerprint density at radius 2 is 2.23 bits per heavy atom. The van der Waals surface area contributed by atoms with Gasteiger partial charge in [-0.1, -0.05) is 12.5 Å². The number of hydrogen-bond acceptors (Lipinski definition) is 2. The number of carbonyl (C=O) groups is 2. The van der Waals surface area contributed by atoms with E-state index in [1.807, 2.05) is 0 Å². The predicted molar refractivity (Wildman–Crippen MR) is 50.0 cm³/mol. The lowest BCUT2D eigenvalue weighted by Crippen LogP contribution is -2.35. The third-order valence-corrected chi connectivity index (χ3v) is 2.19. The Kier molecular flexibility index (Phi) is 3.68. The molecule has 0 bridgehead atoms. The molecule has 13 heavy (non-hydrogen) atoms. The van der Waals surface area contributed by atoms with Crippen LogP contribution >= 0.6 is 0 Å². The highest BCUT2D eigenvalue weighted by Crippen LogP contribution is 2.12. The number of likely N-dealkylation sites (tertiary alicyclic amines) is 1. The monoisotopic (exact) mass is 181 g/mol. The molecule has 3 nitrogen and oxygen atoms in total. The third-order valence-electron chi connectivity index (χ3n) is 2.19. The number of rotatable bonds is 2. The van der Waals surface area contributed by atoms with E-state index in [-0.39, 0.29) is 18.2 Å².